The average Bonchev–Trinajstić information content (AvgIpc) is 2.68. The van der Waals surface area contributed by atoms with Crippen LogP contribution in [0.5, 0.6) is 0 Å². The summed E-state index contributed by atoms with van der Waals surface area (Å²) < 4.78 is 0. The molecule has 2 rings (SSSR count). The lowest BCUT2D eigenvalue weighted by atomic mass is 10.2. The Labute approximate surface area is 110 Å². The highest BCUT2D eigenvalue weighted by Gasteiger charge is 2.12. The summed E-state index contributed by atoms with van der Waals surface area (Å²) in [4.78, 5) is 11.4. The molecule has 1 aromatic rings. The normalized spacial score (nSPS) is 18.2. The molecule has 100 valence electrons. The van der Waals surface area contributed by atoms with Crippen LogP contribution in [0.4, 0.5) is 11.8 Å². The molecule has 1 atom stereocenters. The Morgan fingerprint density at radius 3 is 2.67 bits per heavy atom. The van der Waals surface area contributed by atoms with Crippen molar-refractivity contribution in [1.29, 1.82) is 0 Å². The lowest BCUT2D eigenvalue weighted by molar-refractivity contribution is 0.726. The fourth-order valence-corrected chi connectivity index (χ4v) is 2.21. The standard InChI is InChI=1S/C14H24N4/c1-3-12(2)16-13-8-9-15-14(17-13)18-10-6-4-5-7-11-18/h8-9,12H,3-7,10-11H2,1-2H3,(H,15,16,17). The van der Waals surface area contributed by atoms with Crippen LogP contribution in [-0.4, -0.2) is 29.1 Å². The van der Waals surface area contributed by atoms with Gasteiger partial charge in [-0.1, -0.05) is 19.8 Å². The molecular weight excluding hydrogens is 224 g/mol. The Morgan fingerprint density at radius 2 is 2.00 bits per heavy atom. The van der Waals surface area contributed by atoms with Gasteiger partial charge in [-0.05, 0) is 32.3 Å². The summed E-state index contributed by atoms with van der Waals surface area (Å²) in [5.41, 5.74) is 0. The van der Waals surface area contributed by atoms with Crippen molar-refractivity contribution in [3.05, 3.63) is 12.3 Å². The highest BCUT2D eigenvalue weighted by atomic mass is 15.3. The predicted molar refractivity (Wildman–Crippen MR) is 76.1 cm³/mol. The van der Waals surface area contributed by atoms with Crippen LogP contribution in [0, 0.1) is 0 Å². The van der Waals surface area contributed by atoms with Gasteiger partial charge in [-0.25, -0.2) is 4.98 Å². The number of nitrogens with zero attached hydrogens (tertiary/aromatic N) is 3. The zero-order chi connectivity index (χ0) is 12.8. The van der Waals surface area contributed by atoms with E-state index in [0.29, 0.717) is 6.04 Å². The minimum atomic E-state index is 0.455. The van der Waals surface area contributed by atoms with Crippen molar-refractivity contribution in [2.45, 2.75) is 52.0 Å². The molecule has 2 heterocycles. The van der Waals surface area contributed by atoms with Crippen molar-refractivity contribution in [3.8, 4) is 0 Å². The molecule has 0 aliphatic carbocycles. The summed E-state index contributed by atoms with van der Waals surface area (Å²) in [6.45, 7) is 6.53. The zero-order valence-electron chi connectivity index (χ0n) is 11.5. The van der Waals surface area contributed by atoms with Crippen molar-refractivity contribution in [2.75, 3.05) is 23.3 Å². The van der Waals surface area contributed by atoms with Crippen LogP contribution in [0.1, 0.15) is 46.0 Å². The first kappa shape index (κ1) is 13.1. The van der Waals surface area contributed by atoms with Gasteiger partial charge >= 0.3 is 0 Å². The molecule has 1 aromatic heterocycles. The maximum Gasteiger partial charge on any atom is 0.227 e. The Morgan fingerprint density at radius 1 is 1.28 bits per heavy atom. The van der Waals surface area contributed by atoms with Crippen molar-refractivity contribution >= 4 is 11.8 Å². The lowest BCUT2D eigenvalue weighted by Crippen LogP contribution is -2.26. The van der Waals surface area contributed by atoms with Crippen LogP contribution < -0.4 is 10.2 Å². The van der Waals surface area contributed by atoms with Crippen LogP contribution >= 0.6 is 0 Å². The molecule has 1 unspecified atom stereocenters. The van der Waals surface area contributed by atoms with E-state index in [1.54, 1.807) is 0 Å². The molecule has 0 amide bonds. The molecule has 1 aliphatic rings. The second-order valence-electron chi connectivity index (χ2n) is 5.10. The minimum absolute atomic E-state index is 0.455. The van der Waals surface area contributed by atoms with Gasteiger partial charge in [0.2, 0.25) is 5.95 Å². The number of aromatic nitrogens is 2. The lowest BCUT2D eigenvalue weighted by Gasteiger charge is -2.21. The first-order chi connectivity index (χ1) is 8.79. The number of hydrogen-bond acceptors (Lipinski definition) is 4. The van der Waals surface area contributed by atoms with Gasteiger partial charge in [0.05, 0.1) is 0 Å². The van der Waals surface area contributed by atoms with Gasteiger partial charge < -0.3 is 10.2 Å². The number of anilines is 2. The molecule has 0 saturated carbocycles. The topological polar surface area (TPSA) is 41.1 Å². The number of rotatable bonds is 4. The van der Waals surface area contributed by atoms with Crippen molar-refractivity contribution in [2.24, 2.45) is 0 Å². The summed E-state index contributed by atoms with van der Waals surface area (Å²) in [7, 11) is 0. The van der Waals surface area contributed by atoms with E-state index in [9.17, 15) is 0 Å². The van der Waals surface area contributed by atoms with E-state index in [-0.39, 0.29) is 0 Å². The third-order valence-electron chi connectivity index (χ3n) is 3.54. The Kier molecular flexibility index (Phi) is 4.79. The van der Waals surface area contributed by atoms with E-state index in [1.807, 2.05) is 12.3 Å². The smallest absolute Gasteiger partial charge is 0.227 e. The van der Waals surface area contributed by atoms with Gasteiger partial charge in [0.15, 0.2) is 0 Å². The third-order valence-corrected chi connectivity index (χ3v) is 3.54. The molecule has 4 nitrogen and oxygen atoms in total. The maximum absolute atomic E-state index is 4.63. The highest BCUT2D eigenvalue weighted by Crippen LogP contribution is 2.17. The van der Waals surface area contributed by atoms with Crippen LogP contribution in [0.15, 0.2) is 12.3 Å². The summed E-state index contributed by atoms with van der Waals surface area (Å²) in [5.74, 6) is 1.82. The van der Waals surface area contributed by atoms with E-state index in [0.717, 1.165) is 31.3 Å². The Bertz CT molecular complexity index is 359. The second kappa shape index (κ2) is 6.57. The number of nitrogens with one attached hydrogen (secondary N) is 1. The molecule has 0 radical (unpaired) electrons. The van der Waals surface area contributed by atoms with Crippen LogP contribution in [0.2, 0.25) is 0 Å². The van der Waals surface area contributed by atoms with Crippen molar-refractivity contribution < 1.29 is 0 Å². The predicted octanol–water partition coefficient (Wildman–Crippen LogP) is 3.07. The average molecular weight is 248 g/mol. The molecule has 1 aliphatic heterocycles. The number of hydrogen-bond donors (Lipinski definition) is 1. The first-order valence-corrected chi connectivity index (χ1v) is 7.14. The zero-order valence-corrected chi connectivity index (χ0v) is 11.5. The maximum atomic E-state index is 4.63. The molecule has 18 heavy (non-hydrogen) atoms. The second-order valence-corrected chi connectivity index (χ2v) is 5.10. The van der Waals surface area contributed by atoms with E-state index < -0.39 is 0 Å². The van der Waals surface area contributed by atoms with Crippen molar-refractivity contribution in [3.63, 3.8) is 0 Å². The molecule has 0 aromatic carbocycles. The third kappa shape index (κ3) is 3.59. The van der Waals surface area contributed by atoms with Gasteiger partial charge in [-0.2, -0.15) is 4.98 Å². The van der Waals surface area contributed by atoms with Crippen LogP contribution in [-0.2, 0) is 0 Å². The molecule has 1 fully saturated rings. The first-order valence-electron chi connectivity index (χ1n) is 7.14. The summed E-state index contributed by atoms with van der Waals surface area (Å²) in [6.07, 6.45) is 8.14. The fraction of sp³-hybridized carbons (Fsp3) is 0.714. The monoisotopic (exact) mass is 248 g/mol. The quantitative estimate of drug-likeness (QED) is 0.889. The summed E-state index contributed by atoms with van der Waals surface area (Å²) in [6, 6.07) is 2.41. The van der Waals surface area contributed by atoms with E-state index >= 15 is 0 Å². The molecule has 0 spiro atoms. The molecule has 0 bridgehead atoms. The molecule has 4 heteroatoms. The van der Waals surface area contributed by atoms with Gasteiger partial charge in [0.1, 0.15) is 5.82 Å². The van der Waals surface area contributed by atoms with Crippen molar-refractivity contribution in [1.82, 2.24) is 9.97 Å². The SMILES string of the molecule is CCC(C)Nc1ccnc(N2CCCCCC2)n1. The fourth-order valence-electron chi connectivity index (χ4n) is 2.21. The largest absolute Gasteiger partial charge is 0.367 e. The van der Waals surface area contributed by atoms with Crippen LogP contribution in [0.25, 0.3) is 0 Å². The highest BCUT2D eigenvalue weighted by molar-refractivity contribution is 5.41. The van der Waals surface area contributed by atoms with Gasteiger partial charge in [-0.15, -0.1) is 0 Å². The minimum Gasteiger partial charge on any atom is -0.367 e. The van der Waals surface area contributed by atoms with Gasteiger partial charge in [0.25, 0.3) is 0 Å². The van der Waals surface area contributed by atoms with E-state index in [1.165, 1.54) is 25.7 Å². The Hall–Kier alpha value is -1.32. The van der Waals surface area contributed by atoms with Crippen LogP contribution in [0.3, 0.4) is 0 Å². The Balaban J connectivity index is 2.05. The summed E-state index contributed by atoms with van der Waals surface area (Å²) in [5, 5.41) is 3.41. The van der Waals surface area contributed by atoms with E-state index in [2.05, 4.69) is 34.0 Å². The molecular formula is C14H24N4. The van der Waals surface area contributed by atoms with Gasteiger partial charge in [-0.3, -0.25) is 0 Å². The molecule has 1 saturated heterocycles. The molecule has 1 N–H and O–H groups in total. The van der Waals surface area contributed by atoms with Gasteiger partial charge in [0, 0.05) is 25.3 Å². The van der Waals surface area contributed by atoms with E-state index in [4.69, 9.17) is 0 Å². The summed E-state index contributed by atoms with van der Waals surface area (Å²) >= 11 is 0.